The Morgan fingerprint density at radius 1 is 1.12 bits per heavy atom. The van der Waals surface area contributed by atoms with Gasteiger partial charge in [-0.2, -0.15) is 18.2 Å². The number of hydrogen-bond acceptors (Lipinski definition) is 6. The van der Waals surface area contributed by atoms with Crippen molar-refractivity contribution in [2.45, 2.75) is 51.9 Å². The van der Waals surface area contributed by atoms with Gasteiger partial charge in [0.05, 0.1) is 11.8 Å². The third-order valence-corrected chi connectivity index (χ3v) is 5.32. The summed E-state index contributed by atoms with van der Waals surface area (Å²) in [5.41, 5.74) is 0.641. The van der Waals surface area contributed by atoms with Crippen LogP contribution >= 0.6 is 0 Å². The molecule has 0 saturated carbocycles. The second-order valence-electron chi connectivity index (χ2n) is 9.22. The van der Waals surface area contributed by atoms with Crippen molar-refractivity contribution in [1.29, 1.82) is 0 Å². The number of nitrogens with zero attached hydrogens (tertiary/aromatic N) is 4. The molecule has 10 heteroatoms. The van der Waals surface area contributed by atoms with Gasteiger partial charge < -0.3 is 16.0 Å². The summed E-state index contributed by atoms with van der Waals surface area (Å²) in [7, 11) is 0. The first-order chi connectivity index (χ1) is 15.1. The summed E-state index contributed by atoms with van der Waals surface area (Å²) >= 11 is 0. The highest BCUT2D eigenvalue weighted by Gasteiger charge is 2.30. The summed E-state index contributed by atoms with van der Waals surface area (Å²) < 4.78 is 41.4. The molecule has 32 heavy (non-hydrogen) atoms. The number of imidazole rings is 1. The number of aromatic nitrogens is 4. The molecular formula is C22H28F3N7. The van der Waals surface area contributed by atoms with Gasteiger partial charge in [-0.3, -0.25) is 4.57 Å². The van der Waals surface area contributed by atoms with Gasteiger partial charge in [0.25, 0.3) is 0 Å². The lowest BCUT2D eigenvalue weighted by Gasteiger charge is -2.24. The summed E-state index contributed by atoms with van der Waals surface area (Å²) in [4.78, 5) is 13.7. The number of anilines is 3. The molecule has 1 aliphatic heterocycles. The van der Waals surface area contributed by atoms with Crippen LogP contribution in [0.3, 0.4) is 0 Å². The maximum Gasteiger partial charge on any atom is 0.416 e. The van der Waals surface area contributed by atoms with Crippen LogP contribution in [-0.4, -0.2) is 38.1 Å². The van der Waals surface area contributed by atoms with Gasteiger partial charge in [-0.15, -0.1) is 0 Å². The van der Waals surface area contributed by atoms with Gasteiger partial charge in [0.15, 0.2) is 5.65 Å². The highest BCUT2D eigenvalue weighted by atomic mass is 19.4. The van der Waals surface area contributed by atoms with Gasteiger partial charge in [-0.05, 0) is 70.8 Å². The minimum absolute atomic E-state index is 0.216. The molecule has 0 spiro atoms. The lowest BCUT2D eigenvalue weighted by atomic mass is 9.98. The molecule has 1 fully saturated rings. The number of benzene rings is 1. The van der Waals surface area contributed by atoms with E-state index in [2.05, 4.69) is 30.9 Å². The van der Waals surface area contributed by atoms with Gasteiger partial charge >= 0.3 is 6.18 Å². The van der Waals surface area contributed by atoms with Crippen molar-refractivity contribution in [3.63, 3.8) is 0 Å². The molecule has 0 unspecified atom stereocenters. The minimum atomic E-state index is -4.41. The SMILES string of the molecule is CC(C)(C)Nc1ncc2nc(Nc3cccc(C(F)(F)F)c3)n(CC3CCNCC3)c2n1. The number of hydrogen-bond donors (Lipinski definition) is 3. The zero-order valence-electron chi connectivity index (χ0n) is 18.4. The van der Waals surface area contributed by atoms with Crippen LogP contribution in [0, 0.1) is 5.92 Å². The molecule has 0 bridgehead atoms. The number of rotatable bonds is 5. The monoisotopic (exact) mass is 447 g/mol. The number of piperidine rings is 1. The molecular weight excluding hydrogens is 419 g/mol. The quantitative estimate of drug-likeness (QED) is 0.522. The van der Waals surface area contributed by atoms with Crippen LogP contribution < -0.4 is 16.0 Å². The van der Waals surface area contributed by atoms with Crippen LogP contribution in [0.25, 0.3) is 11.2 Å². The van der Waals surface area contributed by atoms with Gasteiger partial charge in [0.2, 0.25) is 11.9 Å². The van der Waals surface area contributed by atoms with E-state index in [1.807, 2.05) is 25.3 Å². The number of halogens is 3. The Hall–Kier alpha value is -2.88. The van der Waals surface area contributed by atoms with Crippen LogP contribution in [0.5, 0.6) is 0 Å². The fourth-order valence-corrected chi connectivity index (χ4v) is 3.81. The first kappa shape index (κ1) is 22.3. The zero-order chi connectivity index (χ0) is 22.9. The third-order valence-electron chi connectivity index (χ3n) is 5.32. The van der Waals surface area contributed by atoms with Gasteiger partial charge in [-0.25, -0.2) is 9.97 Å². The second-order valence-corrected chi connectivity index (χ2v) is 9.22. The average Bonchev–Trinajstić information content (AvgIpc) is 3.04. The summed E-state index contributed by atoms with van der Waals surface area (Å²) in [5.74, 6) is 1.37. The lowest BCUT2D eigenvalue weighted by Crippen LogP contribution is -2.30. The van der Waals surface area contributed by atoms with Crippen LogP contribution in [0.15, 0.2) is 30.5 Å². The van der Waals surface area contributed by atoms with E-state index in [0.717, 1.165) is 38.1 Å². The maximum absolute atomic E-state index is 13.2. The molecule has 4 rings (SSSR count). The van der Waals surface area contributed by atoms with E-state index in [1.54, 1.807) is 12.3 Å². The number of nitrogens with one attached hydrogen (secondary N) is 3. The van der Waals surface area contributed by atoms with Gasteiger partial charge in [0, 0.05) is 17.8 Å². The zero-order valence-corrected chi connectivity index (χ0v) is 18.4. The van der Waals surface area contributed by atoms with Crippen molar-refractivity contribution in [1.82, 2.24) is 24.8 Å². The summed E-state index contributed by atoms with van der Waals surface area (Å²) in [6.45, 7) is 8.62. The fourth-order valence-electron chi connectivity index (χ4n) is 3.81. The Morgan fingerprint density at radius 3 is 2.56 bits per heavy atom. The summed E-state index contributed by atoms with van der Waals surface area (Å²) in [5, 5.41) is 9.71. The Morgan fingerprint density at radius 2 is 1.88 bits per heavy atom. The molecule has 0 aliphatic carbocycles. The molecule has 3 heterocycles. The molecule has 7 nitrogen and oxygen atoms in total. The van der Waals surface area contributed by atoms with E-state index in [0.29, 0.717) is 41.2 Å². The van der Waals surface area contributed by atoms with Gasteiger partial charge in [-0.1, -0.05) is 6.07 Å². The molecule has 1 aromatic carbocycles. The summed E-state index contributed by atoms with van der Waals surface area (Å²) in [6.07, 6.45) is -0.736. The number of fused-ring (bicyclic) bond motifs is 1. The maximum atomic E-state index is 13.2. The standard InChI is InChI=1S/C22H28F3N7/c1-21(2,3)31-19-27-12-17-18(30-19)32(13-14-7-9-26-10-8-14)20(29-17)28-16-6-4-5-15(11-16)22(23,24)25/h4-6,11-12,14,26H,7-10,13H2,1-3H3,(H,28,29)(H,27,30,31). The van der Waals surface area contributed by atoms with E-state index in [1.165, 1.54) is 6.07 Å². The van der Waals surface area contributed by atoms with Crippen molar-refractivity contribution in [2.75, 3.05) is 23.7 Å². The highest BCUT2D eigenvalue weighted by Crippen LogP contribution is 2.32. The molecule has 2 aromatic heterocycles. The van der Waals surface area contributed by atoms with Crippen LogP contribution in [-0.2, 0) is 12.7 Å². The topological polar surface area (TPSA) is 79.7 Å². The molecule has 1 saturated heterocycles. The Labute approximate surface area is 184 Å². The first-order valence-corrected chi connectivity index (χ1v) is 10.7. The Bertz CT molecular complexity index is 1080. The minimum Gasteiger partial charge on any atom is -0.350 e. The van der Waals surface area contributed by atoms with Crippen LogP contribution in [0.1, 0.15) is 39.2 Å². The van der Waals surface area contributed by atoms with E-state index >= 15 is 0 Å². The molecule has 3 aromatic rings. The molecule has 1 aliphatic rings. The largest absolute Gasteiger partial charge is 0.416 e. The Balaban J connectivity index is 1.72. The van der Waals surface area contributed by atoms with E-state index in [9.17, 15) is 13.2 Å². The number of alkyl halides is 3. The normalized spacial score (nSPS) is 15.8. The van der Waals surface area contributed by atoms with Crippen molar-refractivity contribution in [3.05, 3.63) is 36.0 Å². The van der Waals surface area contributed by atoms with Crippen molar-refractivity contribution < 1.29 is 13.2 Å². The van der Waals surface area contributed by atoms with Crippen LogP contribution in [0.4, 0.5) is 30.8 Å². The van der Waals surface area contributed by atoms with Crippen molar-refractivity contribution in [2.24, 2.45) is 5.92 Å². The molecule has 0 atom stereocenters. The molecule has 0 amide bonds. The molecule has 3 N–H and O–H groups in total. The molecule has 172 valence electrons. The predicted molar refractivity (Wildman–Crippen MR) is 119 cm³/mol. The van der Waals surface area contributed by atoms with Gasteiger partial charge in [0.1, 0.15) is 5.52 Å². The lowest BCUT2D eigenvalue weighted by molar-refractivity contribution is -0.137. The van der Waals surface area contributed by atoms with Crippen LogP contribution in [0.2, 0.25) is 0 Å². The van der Waals surface area contributed by atoms with E-state index in [4.69, 9.17) is 0 Å². The third kappa shape index (κ3) is 5.29. The first-order valence-electron chi connectivity index (χ1n) is 10.7. The molecule has 0 radical (unpaired) electrons. The second kappa shape index (κ2) is 8.57. The predicted octanol–water partition coefficient (Wildman–Crippen LogP) is 4.80. The smallest absolute Gasteiger partial charge is 0.350 e. The summed E-state index contributed by atoms with van der Waals surface area (Å²) in [6, 6.07) is 5.13. The van der Waals surface area contributed by atoms with E-state index < -0.39 is 11.7 Å². The highest BCUT2D eigenvalue weighted by molar-refractivity contribution is 5.76. The van der Waals surface area contributed by atoms with Crippen molar-refractivity contribution >= 4 is 28.7 Å². The fraction of sp³-hybridized carbons (Fsp3) is 0.500. The Kier molecular flexibility index (Phi) is 5.98. The average molecular weight is 448 g/mol. The van der Waals surface area contributed by atoms with Crippen molar-refractivity contribution in [3.8, 4) is 0 Å². The van der Waals surface area contributed by atoms with E-state index in [-0.39, 0.29) is 5.54 Å².